The van der Waals surface area contributed by atoms with Gasteiger partial charge in [0.15, 0.2) is 5.69 Å². The van der Waals surface area contributed by atoms with Crippen LogP contribution in [0.15, 0.2) is 24.3 Å². The molecule has 1 aromatic carbocycles. The Morgan fingerprint density at radius 1 is 1.11 bits per heavy atom. The summed E-state index contributed by atoms with van der Waals surface area (Å²) in [5, 5.41) is 21.9. The summed E-state index contributed by atoms with van der Waals surface area (Å²) in [7, 11) is 0. The normalized spacial score (nSPS) is 10.4. The van der Waals surface area contributed by atoms with E-state index in [0.29, 0.717) is 11.4 Å². The van der Waals surface area contributed by atoms with Gasteiger partial charge in [0.1, 0.15) is 0 Å². The Bertz CT molecular complexity index is 673. The summed E-state index contributed by atoms with van der Waals surface area (Å²) < 4.78 is 1.44. The molecule has 2 N–H and O–H groups in total. The maximum Gasteiger partial charge on any atom is 0.356 e. The van der Waals surface area contributed by atoms with E-state index in [2.05, 4.69) is 5.10 Å². The monoisotopic (exact) mass is 260 g/mol. The van der Waals surface area contributed by atoms with Gasteiger partial charge in [-0.25, -0.2) is 14.3 Å². The van der Waals surface area contributed by atoms with E-state index in [1.807, 2.05) is 6.92 Å². The summed E-state index contributed by atoms with van der Waals surface area (Å²) in [4.78, 5) is 21.9. The second-order valence-corrected chi connectivity index (χ2v) is 4.19. The highest BCUT2D eigenvalue weighted by Gasteiger charge is 2.14. The van der Waals surface area contributed by atoms with Crippen LogP contribution in [0.25, 0.3) is 5.69 Å². The van der Waals surface area contributed by atoms with Crippen molar-refractivity contribution in [1.82, 2.24) is 9.78 Å². The van der Waals surface area contributed by atoms with Crippen LogP contribution in [-0.2, 0) is 0 Å². The number of aryl methyl sites for hydroxylation is 2. The molecule has 0 aliphatic rings. The van der Waals surface area contributed by atoms with Gasteiger partial charge in [0.05, 0.1) is 11.3 Å². The molecule has 0 fully saturated rings. The van der Waals surface area contributed by atoms with E-state index in [4.69, 9.17) is 10.2 Å². The SMILES string of the molecule is Cc1ccc(C(=O)O)cc1-n1nc(C(=O)O)cc1C. The lowest BCUT2D eigenvalue weighted by molar-refractivity contribution is 0.0681. The Morgan fingerprint density at radius 2 is 1.79 bits per heavy atom. The molecule has 6 heteroatoms. The first-order valence-electron chi connectivity index (χ1n) is 5.54. The van der Waals surface area contributed by atoms with Gasteiger partial charge in [-0.05, 0) is 37.6 Å². The topological polar surface area (TPSA) is 92.4 Å². The van der Waals surface area contributed by atoms with Gasteiger partial charge in [-0.2, -0.15) is 5.10 Å². The van der Waals surface area contributed by atoms with Crippen LogP contribution in [0.3, 0.4) is 0 Å². The van der Waals surface area contributed by atoms with Crippen LogP contribution in [0, 0.1) is 13.8 Å². The van der Waals surface area contributed by atoms with Crippen molar-refractivity contribution in [2.75, 3.05) is 0 Å². The molecule has 0 bridgehead atoms. The number of hydrogen-bond donors (Lipinski definition) is 2. The fourth-order valence-electron chi connectivity index (χ4n) is 1.79. The lowest BCUT2D eigenvalue weighted by Gasteiger charge is -2.09. The molecule has 0 radical (unpaired) electrons. The molecule has 0 unspecified atom stereocenters. The Morgan fingerprint density at radius 3 is 2.32 bits per heavy atom. The van der Waals surface area contributed by atoms with Crippen LogP contribution >= 0.6 is 0 Å². The number of hydrogen-bond acceptors (Lipinski definition) is 3. The Hall–Kier alpha value is -2.63. The third kappa shape index (κ3) is 2.33. The summed E-state index contributed by atoms with van der Waals surface area (Å²) in [6, 6.07) is 6.08. The summed E-state index contributed by atoms with van der Waals surface area (Å²) in [5.74, 6) is -2.15. The Labute approximate surface area is 108 Å². The fourth-order valence-corrected chi connectivity index (χ4v) is 1.79. The van der Waals surface area contributed by atoms with E-state index in [9.17, 15) is 9.59 Å². The average molecular weight is 260 g/mol. The van der Waals surface area contributed by atoms with Crippen LogP contribution < -0.4 is 0 Å². The van der Waals surface area contributed by atoms with E-state index in [0.717, 1.165) is 5.56 Å². The van der Waals surface area contributed by atoms with E-state index in [1.165, 1.54) is 22.9 Å². The smallest absolute Gasteiger partial charge is 0.356 e. The number of carboxylic acid groups (broad SMARTS) is 2. The number of nitrogens with zero attached hydrogens (tertiary/aromatic N) is 2. The summed E-state index contributed by atoms with van der Waals surface area (Å²) in [6.07, 6.45) is 0. The number of carbonyl (C=O) groups is 2. The lowest BCUT2D eigenvalue weighted by Crippen LogP contribution is -2.06. The summed E-state index contributed by atoms with van der Waals surface area (Å²) in [6.45, 7) is 3.52. The molecule has 0 amide bonds. The van der Waals surface area contributed by atoms with Crippen LogP contribution in [0.1, 0.15) is 32.1 Å². The first-order valence-corrected chi connectivity index (χ1v) is 5.54. The zero-order valence-electron chi connectivity index (χ0n) is 10.4. The molecule has 6 nitrogen and oxygen atoms in total. The lowest BCUT2D eigenvalue weighted by atomic mass is 10.1. The second kappa shape index (κ2) is 4.56. The Balaban J connectivity index is 2.61. The molecular formula is C13H12N2O4. The molecule has 2 aromatic rings. The average Bonchev–Trinajstić information content (AvgIpc) is 2.72. The largest absolute Gasteiger partial charge is 0.478 e. The van der Waals surface area contributed by atoms with Gasteiger partial charge < -0.3 is 10.2 Å². The van der Waals surface area contributed by atoms with Crippen LogP contribution in [0.2, 0.25) is 0 Å². The van der Waals surface area contributed by atoms with Crippen molar-refractivity contribution < 1.29 is 19.8 Å². The summed E-state index contributed by atoms with van der Waals surface area (Å²) in [5.41, 5.74) is 2.06. The van der Waals surface area contributed by atoms with Gasteiger partial charge in [-0.15, -0.1) is 0 Å². The van der Waals surface area contributed by atoms with E-state index < -0.39 is 11.9 Å². The highest BCUT2D eigenvalue weighted by Crippen LogP contribution is 2.18. The molecule has 0 spiro atoms. The molecular weight excluding hydrogens is 248 g/mol. The molecule has 0 saturated heterocycles. The van der Waals surface area contributed by atoms with E-state index in [-0.39, 0.29) is 11.3 Å². The minimum atomic E-state index is -1.12. The number of aromatic nitrogens is 2. The molecule has 98 valence electrons. The third-order valence-electron chi connectivity index (χ3n) is 2.79. The molecule has 0 aliphatic heterocycles. The molecule has 0 saturated carbocycles. The van der Waals surface area contributed by atoms with Gasteiger partial charge in [-0.1, -0.05) is 6.07 Å². The van der Waals surface area contributed by atoms with E-state index in [1.54, 1.807) is 13.0 Å². The number of carboxylic acids is 2. The van der Waals surface area contributed by atoms with Gasteiger partial charge in [0, 0.05) is 5.69 Å². The van der Waals surface area contributed by atoms with E-state index >= 15 is 0 Å². The number of aromatic carboxylic acids is 2. The number of rotatable bonds is 3. The van der Waals surface area contributed by atoms with Crippen molar-refractivity contribution in [2.24, 2.45) is 0 Å². The molecule has 1 heterocycles. The summed E-state index contributed by atoms with van der Waals surface area (Å²) >= 11 is 0. The van der Waals surface area contributed by atoms with Crippen LogP contribution in [0.5, 0.6) is 0 Å². The van der Waals surface area contributed by atoms with Gasteiger partial charge in [-0.3, -0.25) is 0 Å². The molecule has 2 rings (SSSR count). The van der Waals surface area contributed by atoms with Crippen molar-refractivity contribution in [3.63, 3.8) is 0 Å². The standard InChI is InChI=1S/C13H12N2O4/c1-7-3-4-9(12(16)17)6-11(7)15-8(2)5-10(14-15)13(18)19/h3-6H,1-2H3,(H,16,17)(H,18,19). The zero-order valence-corrected chi connectivity index (χ0v) is 10.4. The Kier molecular flexibility index (Phi) is 3.08. The maximum atomic E-state index is 11.0. The van der Waals surface area contributed by atoms with Crippen molar-refractivity contribution in [1.29, 1.82) is 0 Å². The number of benzene rings is 1. The fraction of sp³-hybridized carbons (Fsp3) is 0.154. The molecule has 0 atom stereocenters. The quantitative estimate of drug-likeness (QED) is 0.879. The van der Waals surface area contributed by atoms with Crippen molar-refractivity contribution >= 4 is 11.9 Å². The maximum absolute atomic E-state index is 11.0. The van der Waals surface area contributed by atoms with Gasteiger partial charge >= 0.3 is 11.9 Å². The first-order chi connectivity index (χ1) is 8.90. The molecule has 0 aliphatic carbocycles. The van der Waals surface area contributed by atoms with Gasteiger partial charge in [0.25, 0.3) is 0 Å². The van der Waals surface area contributed by atoms with Crippen molar-refractivity contribution in [3.8, 4) is 5.69 Å². The zero-order chi connectivity index (χ0) is 14.2. The minimum absolute atomic E-state index is 0.0716. The third-order valence-corrected chi connectivity index (χ3v) is 2.79. The molecule has 19 heavy (non-hydrogen) atoms. The van der Waals surface area contributed by atoms with Crippen molar-refractivity contribution in [3.05, 3.63) is 46.8 Å². The minimum Gasteiger partial charge on any atom is -0.478 e. The predicted octanol–water partition coefficient (Wildman–Crippen LogP) is 1.89. The highest BCUT2D eigenvalue weighted by molar-refractivity contribution is 5.88. The highest BCUT2D eigenvalue weighted by atomic mass is 16.4. The molecule has 1 aromatic heterocycles. The predicted molar refractivity (Wildman–Crippen MR) is 67.0 cm³/mol. The first kappa shape index (κ1) is 12.8. The van der Waals surface area contributed by atoms with Crippen molar-refractivity contribution in [2.45, 2.75) is 13.8 Å². The van der Waals surface area contributed by atoms with Gasteiger partial charge in [0.2, 0.25) is 0 Å². The van der Waals surface area contributed by atoms with Crippen LogP contribution in [0.4, 0.5) is 0 Å². The van der Waals surface area contributed by atoms with Crippen LogP contribution in [-0.4, -0.2) is 31.9 Å². The second-order valence-electron chi connectivity index (χ2n) is 4.19.